The third-order valence-corrected chi connectivity index (χ3v) is 8.41. The van der Waals surface area contributed by atoms with E-state index in [1.54, 1.807) is 34.3 Å². The molecule has 1 aromatic heterocycles. The number of amidine groups is 1. The zero-order chi connectivity index (χ0) is 32.2. The number of rotatable bonds is 8. The van der Waals surface area contributed by atoms with Crippen molar-refractivity contribution >= 4 is 29.0 Å². The second kappa shape index (κ2) is 12.7. The number of imidazole rings is 1. The van der Waals surface area contributed by atoms with Crippen molar-refractivity contribution in [2.45, 2.75) is 38.5 Å². The van der Waals surface area contributed by atoms with Crippen molar-refractivity contribution in [2.24, 2.45) is 24.1 Å². The molecule has 0 radical (unpaired) electrons. The minimum Gasteiger partial charge on any atom is -0.853 e. The minimum atomic E-state index is -0.293. The van der Waals surface area contributed by atoms with Crippen LogP contribution in [0.4, 0.5) is 11.4 Å². The molecule has 44 heavy (non-hydrogen) atoms. The normalized spacial score (nSPS) is 12.6. The molecule has 4 aromatic rings. The van der Waals surface area contributed by atoms with Gasteiger partial charge in [-0.3, -0.25) is 14.8 Å². The molecule has 0 spiro atoms. The Morgan fingerprint density at radius 1 is 0.909 bits per heavy atom. The summed E-state index contributed by atoms with van der Waals surface area (Å²) in [5.41, 5.74) is 5.45. The molecule has 228 valence electrons. The summed E-state index contributed by atoms with van der Waals surface area (Å²) in [6.07, 6.45) is 5.22. The third-order valence-electron chi connectivity index (χ3n) is 8.41. The van der Waals surface area contributed by atoms with Gasteiger partial charge >= 0.3 is 0 Å². The van der Waals surface area contributed by atoms with E-state index >= 15 is 0 Å². The van der Waals surface area contributed by atoms with E-state index in [1.165, 1.54) is 11.1 Å². The second-order valence-corrected chi connectivity index (χ2v) is 12.0. The number of nitrogens with one attached hydrogen (secondary N) is 1. The van der Waals surface area contributed by atoms with Gasteiger partial charge in [0.2, 0.25) is 0 Å². The van der Waals surface area contributed by atoms with E-state index in [0.29, 0.717) is 17.2 Å². The highest BCUT2D eigenvalue weighted by molar-refractivity contribution is 6.42. The Morgan fingerprint density at radius 2 is 1.36 bits per heavy atom. The van der Waals surface area contributed by atoms with E-state index in [1.807, 2.05) is 75.0 Å². The fourth-order valence-corrected chi connectivity index (χ4v) is 5.31. The van der Waals surface area contributed by atoms with Crippen LogP contribution in [0.2, 0.25) is 0 Å². The van der Waals surface area contributed by atoms with E-state index in [0.717, 1.165) is 11.1 Å². The molecular formula is C36H42N6O2. The molecule has 8 nitrogen and oxygen atoms in total. The Morgan fingerprint density at radius 3 is 1.77 bits per heavy atom. The van der Waals surface area contributed by atoms with Crippen molar-refractivity contribution in [3.05, 3.63) is 126 Å². The molecule has 4 rings (SSSR count). The summed E-state index contributed by atoms with van der Waals surface area (Å²) in [5.74, 6) is 0.235. The Hall–Kier alpha value is -4.98. The van der Waals surface area contributed by atoms with Gasteiger partial charge in [0.05, 0.1) is 25.7 Å². The number of carbonyl (C=O) groups is 1. The van der Waals surface area contributed by atoms with E-state index in [9.17, 15) is 9.90 Å². The Kier molecular flexibility index (Phi) is 9.23. The van der Waals surface area contributed by atoms with E-state index in [4.69, 9.17) is 0 Å². The zero-order valence-corrected chi connectivity index (χ0v) is 26.9. The highest BCUT2D eigenvalue weighted by Gasteiger charge is 2.27. The number of anilines is 1. The van der Waals surface area contributed by atoms with Gasteiger partial charge < -0.3 is 15.3 Å². The van der Waals surface area contributed by atoms with Crippen LogP contribution in [0, 0.1) is 0 Å². The van der Waals surface area contributed by atoms with Crippen molar-refractivity contribution in [3.63, 3.8) is 0 Å². The first-order valence-electron chi connectivity index (χ1n) is 14.5. The van der Waals surface area contributed by atoms with Crippen LogP contribution >= 0.6 is 0 Å². The maximum atomic E-state index is 12.7. The van der Waals surface area contributed by atoms with Crippen molar-refractivity contribution in [1.29, 1.82) is 0 Å². The predicted octanol–water partition coefficient (Wildman–Crippen LogP) is 4.98. The van der Waals surface area contributed by atoms with Crippen LogP contribution in [-0.2, 0) is 29.7 Å². The van der Waals surface area contributed by atoms with Crippen LogP contribution in [-0.4, -0.2) is 41.2 Å². The van der Waals surface area contributed by atoms with Gasteiger partial charge in [-0.25, -0.2) is 9.13 Å². The maximum absolute atomic E-state index is 12.7. The lowest BCUT2D eigenvalue weighted by Gasteiger charge is -2.29. The van der Waals surface area contributed by atoms with Gasteiger partial charge in [-0.15, -0.1) is 0 Å². The first-order valence-corrected chi connectivity index (χ1v) is 14.5. The number of amides is 1. The molecule has 1 heterocycles. The molecule has 0 aliphatic heterocycles. The maximum Gasteiger partial charge on any atom is 0.292 e. The number of hydrogen-bond donors (Lipinski definition) is 1. The molecule has 0 atom stereocenters. The van der Waals surface area contributed by atoms with E-state index < -0.39 is 0 Å². The van der Waals surface area contributed by atoms with Crippen LogP contribution in [0.15, 0.2) is 108 Å². The largest absolute Gasteiger partial charge is 0.853 e. The Labute approximate surface area is 260 Å². The van der Waals surface area contributed by atoms with Crippen LogP contribution in [0.5, 0.6) is 0 Å². The fourth-order valence-electron chi connectivity index (χ4n) is 5.31. The van der Waals surface area contributed by atoms with Gasteiger partial charge in [-0.05, 0) is 52.7 Å². The molecule has 0 bridgehead atoms. The number of nitrogens with zero attached hydrogens (tertiary/aromatic N) is 5. The molecule has 0 aliphatic carbocycles. The molecule has 0 fully saturated rings. The van der Waals surface area contributed by atoms with Crippen molar-refractivity contribution in [3.8, 4) is 0 Å². The highest BCUT2D eigenvalue weighted by Crippen LogP contribution is 2.36. The number of likely N-dealkylation sites (N-methyl/N-ethyl adjacent to an activating group) is 1. The molecule has 1 N–H and O–H groups in total. The lowest BCUT2D eigenvalue weighted by Crippen LogP contribution is -2.39. The first kappa shape index (κ1) is 31.9. The summed E-state index contributed by atoms with van der Waals surface area (Å²) in [6.45, 7) is 12.5. The second-order valence-electron chi connectivity index (χ2n) is 12.0. The third kappa shape index (κ3) is 6.49. The average Bonchev–Trinajstić information content (AvgIpc) is 3.35. The molecule has 0 saturated heterocycles. The molecule has 0 aliphatic rings. The fraction of sp³-hybridized carbons (Fsp3) is 0.278. The van der Waals surface area contributed by atoms with Crippen molar-refractivity contribution in [1.82, 2.24) is 9.47 Å². The van der Waals surface area contributed by atoms with Crippen LogP contribution in [0.1, 0.15) is 55.8 Å². The summed E-state index contributed by atoms with van der Waals surface area (Å²) in [6, 6.07) is 24.5. The molecule has 0 unspecified atom stereocenters. The molecule has 1 amide bonds. The summed E-state index contributed by atoms with van der Waals surface area (Å²) in [7, 11) is 6.98. The lowest BCUT2D eigenvalue weighted by atomic mass is 9.74. The number of carbonyl (C=O) groups excluding carboxylic acids is 1. The summed E-state index contributed by atoms with van der Waals surface area (Å²) >= 11 is 0. The molecule has 8 heteroatoms. The number of aromatic nitrogens is 2. The van der Waals surface area contributed by atoms with Crippen molar-refractivity contribution < 1.29 is 14.5 Å². The predicted molar refractivity (Wildman–Crippen MR) is 176 cm³/mol. The molecule has 0 saturated carbocycles. The summed E-state index contributed by atoms with van der Waals surface area (Å²) < 4.78 is 3.54. The van der Waals surface area contributed by atoms with E-state index in [2.05, 4.69) is 73.8 Å². The minimum absolute atomic E-state index is 0.254. The standard InChI is InChI=1S/C36H42N6O2/c1-10-40(7)31(37-6)32(43)38-29-19-15-27(16-20-29)35(2,3)25-11-13-26(14-12-25)36(4,5)28-17-21-30(22-18-28)39-33(44)34-41(8)23-24-42(34)9/h10-24H,1H2,2-9H3,(H-,38,39,43,44). The summed E-state index contributed by atoms with van der Waals surface area (Å²) in [5, 5.41) is 15.6. The number of benzene rings is 3. The van der Waals surface area contributed by atoms with Gasteiger partial charge in [0, 0.05) is 30.6 Å². The van der Waals surface area contributed by atoms with E-state index in [-0.39, 0.29) is 28.5 Å². The first-order chi connectivity index (χ1) is 20.8. The Bertz CT molecular complexity index is 1670. The highest BCUT2D eigenvalue weighted by atomic mass is 16.3. The van der Waals surface area contributed by atoms with Crippen LogP contribution in [0.3, 0.4) is 0 Å². The molecule has 3 aromatic carbocycles. The monoisotopic (exact) mass is 590 g/mol. The quantitative estimate of drug-likeness (QED) is 0.178. The van der Waals surface area contributed by atoms with Gasteiger partial charge in [-0.1, -0.05) is 82.8 Å². The average molecular weight is 591 g/mol. The Balaban J connectivity index is 1.49. The zero-order valence-electron chi connectivity index (χ0n) is 26.9. The van der Waals surface area contributed by atoms with Crippen LogP contribution in [0.25, 0.3) is 0 Å². The van der Waals surface area contributed by atoms with Gasteiger partial charge in [0.25, 0.3) is 11.7 Å². The van der Waals surface area contributed by atoms with Gasteiger partial charge in [0.1, 0.15) is 12.4 Å². The topological polar surface area (TPSA) is 88.9 Å². The number of hydrogen-bond acceptors (Lipinski definition) is 4. The number of aliphatic imine (C=N–C) groups is 2. The lowest BCUT2D eigenvalue weighted by molar-refractivity contribution is -0.674. The van der Waals surface area contributed by atoms with Crippen molar-refractivity contribution in [2.75, 3.05) is 19.4 Å². The summed E-state index contributed by atoms with van der Waals surface area (Å²) in [4.78, 5) is 22.6. The van der Waals surface area contributed by atoms with Gasteiger partial charge in [-0.2, -0.15) is 0 Å². The van der Waals surface area contributed by atoms with Gasteiger partial charge in [0.15, 0.2) is 5.84 Å². The smallest absolute Gasteiger partial charge is 0.292 e. The van der Waals surface area contributed by atoms with Crippen LogP contribution < -0.4 is 15.0 Å². The SMILES string of the molecule is C=CN(C)C(=NC)C(=O)Nc1ccc(C(C)(C)c2ccc(C(C)(C)c3ccc(N=C([O-])c4n(C)cc[n+]4C)cc3)cc2)cc1. The number of aryl methyl sites for hydroxylation is 2. The molecular weight excluding hydrogens is 548 g/mol.